The lowest BCUT2D eigenvalue weighted by Crippen LogP contribution is -2.52. The smallest absolute Gasteiger partial charge is 0.282 e. The summed E-state index contributed by atoms with van der Waals surface area (Å²) >= 11 is 32.6. The standard InChI is InChI=1S/C2H4Cl6N4O2P2/c3-1(4,5)15(13)9-11-16(14,12-10-15)2(6,7)8/h(H2,9,10,13)(H2,11,12,14). The predicted molar refractivity (Wildman–Crippen MR) is 68.3 cm³/mol. The fourth-order valence-corrected chi connectivity index (χ4v) is 4.98. The van der Waals surface area contributed by atoms with Crippen molar-refractivity contribution in [3.05, 3.63) is 0 Å². The summed E-state index contributed by atoms with van der Waals surface area (Å²) in [5.41, 5.74) is 0. The van der Waals surface area contributed by atoms with Crippen molar-refractivity contribution in [1.82, 2.24) is 20.8 Å². The third-order valence-electron chi connectivity index (χ3n) is 1.44. The van der Waals surface area contributed by atoms with Crippen LogP contribution in [0.2, 0.25) is 0 Å². The highest BCUT2D eigenvalue weighted by Crippen LogP contribution is 2.66. The second-order valence-corrected chi connectivity index (χ2v) is 13.4. The first kappa shape index (κ1) is 16.1. The van der Waals surface area contributed by atoms with Crippen LogP contribution in [0, 0.1) is 0 Å². The molecule has 0 aromatic heterocycles. The van der Waals surface area contributed by atoms with Crippen LogP contribution in [-0.2, 0) is 9.13 Å². The first-order valence-electron chi connectivity index (χ1n) is 3.34. The molecule has 96 valence electrons. The third kappa shape index (κ3) is 3.13. The molecule has 1 rings (SSSR count). The second-order valence-electron chi connectivity index (χ2n) is 2.60. The SMILES string of the molecule is O=P1(C(Cl)(Cl)Cl)NNP(=O)(C(Cl)(Cl)Cl)NN1. The lowest BCUT2D eigenvalue weighted by atomic mass is 11.8. The third-order valence-corrected chi connectivity index (χ3v) is 9.22. The lowest BCUT2D eigenvalue weighted by molar-refractivity contribution is 0.508. The van der Waals surface area contributed by atoms with Gasteiger partial charge in [-0.15, -0.1) is 0 Å². The molecule has 14 heteroatoms. The van der Waals surface area contributed by atoms with E-state index >= 15 is 0 Å². The molecule has 4 N–H and O–H groups in total. The van der Waals surface area contributed by atoms with Gasteiger partial charge >= 0.3 is 0 Å². The minimum Gasteiger partial charge on any atom is -0.282 e. The highest BCUT2D eigenvalue weighted by Gasteiger charge is 2.54. The van der Waals surface area contributed by atoms with E-state index in [1.165, 1.54) is 0 Å². The molecule has 0 aromatic carbocycles. The van der Waals surface area contributed by atoms with Crippen LogP contribution in [0.25, 0.3) is 0 Å². The van der Waals surface area contributed by atoms with Gasteiger partial charge in [-0.25, -0.2) is 0 Å². The summed E-state index contributed by atoms with van der Waals surface area (Å²) in [7, 11) is -7.44. The second kappa shape index (κ2) is 4.86. The van der Waals surface area contributed by atoms with Crippen molar-refractivity contribution < 1.29 is 9.13 Å². The van der Waals surface area contributed by atoms with Crippen molar-refractivity contribution in [2.75, 3.05) is 0 Å². The number of rotatable bonds is 0. The molecule has 0 atom stereocenters. The molecule has 1 fully saturated rings. The van der Waals surface area contributed by atoms with E-state index in [1.807, 2.05) is 0 Å². The number of hydrogen-bond acceptors (Lipinski definition) is 2. The molecule has 6 nitrogen and oxygen atoms in total. The first-order valence-corrected chi connectivity index (χ1v) is 9.02. The molecule has 1 aliphatic heterocycles. The summed E-state index contributed by atoms with van der Waals surface area (Å²) < 4.78 is 19.4. The topological polar surface area (TPSA) is 82.3 Å². The first-order chi connectivity index (χ1) is 6.91. The molecule has 0 aliphatic carbocycles. The molecule has 0 aromatic rings. The molecule has 0 saturated carbocycles. The van der Waals surface area contributed by atoms with Gasteiger partial charge in [0.1, 0.15) is 0 Å². The summed E-state index contributed by atoms with van der Waals surface area (Å²) in [4.78, 5) is 0. The average Bonchev–Trinajstić information content (AvgIpc) is 2.07. The Balaban J connectivity index is 2.88. The van der Waals surface area contributed by atoms with Gasteiger partial charge in [0.05, 0.1) is 0 Å². The monoisotopic (exact) mass is 388 g/mol. The van der Waals surface area contributed by atoms with Gasteiger partial charge in [0.25, 0.3) is 22.0 Å². The Labute approximate surface area is 121 Å². The Morgan fingerprint density at radius 3 is 0.938 bits per heavy atom. The van der Waals surface area contributed by atoms with Crippen molar-refractivity contribution in [1.29, 1.82) is 0 Å². The van der Waals surface area contributed by atoms with Gasteiger partial charge < -0.3 is 0 Å². The number of hydrazine groups is 2. The molecule has 16 heavy (non-hydrogen) atoms. The molecule has 0 unspecified atom stereocenters. The fourth-order valence-electron chi connectivity index (χ4n) is 0.591. The molecule has 1 heterocycles. The van der Waals surface area contributed by atoms with Crippen molar-refractivity contribution in [3.8, 4) is 0 Å². The van der Waals surface area contributed by atoms with Crippen LogP contribution in [0.5, 0.6) is 0 Å². The van der Waals surface area contributed by atoms with Gasteiger partial charge in [-0.05, 0) is 0 Å². The van der Waals surface area contributed by atoms with E-state index in [2.05, 4.69) is 20.8 Å². The minimum absolute atomic E-state index is 2.05. The molecular formula is C2H4Cl6N4O2P2. The highest BCUT2D eigenvalue weighted by molar-refractivity contribution is 7.73. The van der Waals surface area contributed by atoms with Crippen molar-refractivity contribution in [2.45, 2.75) is 7.07 Å². The van der Waals surface area contributed by atoms with E-state index in [0.29, 0.717) is 0 Å². The number of nitrogens with one attached hydrogen (secondary N) is 4. The van der Waals surface area contributed by atoms with Crippen LogP contribution in [0.15, 0.2) is 0 Å². The lowest BCUT2D eigenvalue weighted by Gasteiger charge is -2.37. The van der Waals surface area contributed by atoms with Gasteiger partial charge in [-0.3, -0.25) is 9.13 Å². The summed E-state index contributed by atoms with van der Waals surface area (Å²) in [6, 6.07) is 0. The fraction of sp³-hybridized carbons (Fsp3) is 1.00. The van der Waals surface area contributed by atoms with Crippen LogP contribution in [0.1, 0.15) is 0 Å². The summed E-state index contributed by atoms with van der Waals surface area (Å²) in [5, 5.41) is 8.21. The summed E-state index contributed by atoms with van der Waals surface area (Å²) in [6.45, 7) is 0. The molecule has 1 aliphatic rings. The van der Waals surface area contributed by atoms with E-state index in [1.54, 1.807) is 0 Å². The quantitative estimate of drug-likeness (QED) is 0.375. The summed E-state index contributed by atoms with van der Waals surface area (Å²) in [5.74, 6) is 0. The normalized spacial score (nSPS) is 37.4. The van der Waals surface area contributed by atoms with Gasteiger partial charge in [0.15, 0.2) is 0 Å². The van der Waals surface area contributed by atoms with Crippen LogP contribution in [0.4, 0.5) is 0 Å². The van der Waals surface area contributed by atoms with E-state index in [0.717, 1.165) is 0 Å². The Morgan fingerprint density at radius 1 is 0.625 bits per heavy atom. The zero-order valence-corrected chi connectivity index (χ0v) is 13.3. The largest absolute Gasteiger partial charge is 0.288 e. The average molecular weight is 391 g/mol. The van der Waals surface area contributed by atoms with E-state index in [9.17, 15) is 9.13 Å². The van der Waals surface area contributed by atoms with Crippen LogP contribution >= 0.6 is 84.5 Å². The summed E-state index contributed by atoms with van der Waals surface area (Å²) in [6.07, 6.45) is 0. The Kier molecular flexibility index (Phi) is 4.89. The highest BCUT2D eigenvalue weighted by atomic mass is 35.6. The zero-order chi connectivity index (χ0) is 12.8. The molecule has 0 spiro atoms. The van der Waals surface area contributed by atoms with Crippen LogP contribution in [-0.4, -0.2) is 7.07 Å². The Morgan fingerprint density at radius 2 is 0.812 bits per heavy atom. The van der Waals surface area contributed by atoms with Gasteiger partial charge in [-0.2, -0.15) is 20.8 Å². The maximum absolute atomic E-state index is 11.9. The van der Waals surface area contributed by atoms with Crippen LogP contribution < -0.4 is 20.8 Å². The van der Waals surface area contributed by atoms with Crippen molar-refractivity contribution in [3.63, 3.8) is 0 Å². The van der Waals surface area contributed by atoms with Crippen molar-refractivity contribution >= 4 is 84.5 Å². The van der Waals surface area contributed by atoms with E-state index < -0.39 is 22.0 Å². The van der Waals surface area contributed by atoms with Gasteiger partial charge in [0.2, 0.25) is 0 Å². The molecule has 0 amide bonds. The molecular weight excluding hydrogens is 387 g/mol. The van der Waals surface area contributed by atoms with Crippen molar-refractivity contribution in [2.24, 2.45) is 0 Å². The number of halogens is 6. The van der Waals surface area contributed by atoms with Gasteiger partial charge in [0, 0.05) is 0 Å². The zero-order valence-electron chi connectivity index (χ0n) is 6.98. The Hall–Kier alpha value is 2.04. The minimum atomic E-state index is -3.72. The molecule has 0 radical (unpaired) electrons. The van der Waals surface area contributed by atoms with Gasteiger partial charge in [-0.1, -0.05) is 69.6 Å². The maximum Gasteiger partial charge on any atom is 0.288 e. The van der Waals surface area contributed by atoms with Crippen LogP contribution in [0.3, 0.4) is 0 Å². The predicted octanol–water partition coefficient (Wildman–Crippen LogP) is 3.23. The maximum atomic E-state index is 11.9. The number of hydrogen-bond donors (Lipinski definition) is 4. The van der Waals surface area contributed by atoms with E-state index in [4.69, 9.17) is 69.6 Å². The van der Waals surface area contributed by atoms with E-state index in [-0.39, 0.29) is 0 Å². The number of alkyl halides is 6. The Bertz CT molecular complexity index is 324. The molecule has 1 saturated heterocycles. The molecule has 0 bridgehead atoms.